The van der Waals surface area contributed by atoms with Crippen LogP contribution in [0.5, 0.6) is 0 Å². The van der Waals surface area contributed by atoms with Gasteiger partial charge in [-0.15, -0.1) is 12.4 Å². The van der Waals surface area contributed by atoms with Gasteiger partial charge in [0.15, 0.2) is 0 Å². The summed E-state index contributed by atoms with van der Waals surface area (Å²) in [6.45, 7) is 0. The van der Waals surface area contributed by atoms with Gasteiger partial charge in [-0.2, -0.15) is 0 Å². The van der Waals surface area contributed by atoms with Crippen LogP contribution in [-0.4, -0.2) is 22.2 Å². The number of rotatable bonds is 3. The van der Waals surface area contributed by atoms with E-state index in [1.165, 1.54) is 12.1 Å². The Bertz CT molecular complexity index is 331. The van der Waals surface area contributed by atoms with Crippen LogP contribution in [0, 0.1) is 5.82 Å². The Morgan fingerprint density at radius 2 is 1.75 bits per heavy atom. The molecule has 0 fully saturated rings. The molecule has 4 N–H and O–H groups in total. The second kappa shape index (κ2) is 7.16. The van der Waals surface area contributed by atoms with Gasteiger partial charge in [0.2, 0.25) is 0 Å². The summed E-state index contributed by atoms with van der Waals surface area (Å²) < 4.78 is 12.5. The number of aliphatic hydroxyl groups is 1. The third-order valence-electron chi connectivity index (χ3n) is 1.84. The van der Waals surface area contributed by atoms with Crippen molar-refractivity contribution in [1.82, 2.24) is 0 Å². The van der Waals surface area contributed by atoms with Gasteiger partial charge < -0.3 is 15.9 Å². The third-order valence-corrected chi connectivity index (χ3v) is 1.84. The highest BCUT2D eigenvalue weighted by atomic mass is 35.5. The number of hydrogen-bond donors (Lipinski definition) is 3. The van der Waals surface area contributed by atoms with Crippen molar-refractivity contribution < 1.29 is 19.4 Å². The molecule has 0 heterocycles. The molecular weight excluding hydrogens is 237 g/mol. The molecule has 92 valence electrons. The molecule has 0 amide bonds. The van der Waals surface area contributed by atoms with Gasteiger partial charge in [0.1, 0.15) is 18.0 Å². The largest absolute Gasteiger partial charge is 0.480 e. The van der Waals surface area contributed by atoms with E-state index >= 15 is 0 Å². The van der Waals surface area contributed by atoms with Crippen molar-refractivity contribution in [3.8, 4) is 0 Å². The minimum atomic E-state index is -1.40. The topological polar surface area (TPSA) is 83.6 Å². The van der Waals surface area contributed by atoms with Crippen molar-refractivity contribution in [3.63, 3.8) is 0 Å². The van der Waals surface area contributed by atoms with Crippen LogP contribution in [0.4, 0.5) is 4.39 Å². The van der Waals surface area contributed by atoms with Gasteiger partial charge in [0.25, 0.3) is 0 Å². The summed E-state index contributed by atoms with van der Waals surface area (Å²) in [5.41, 5.74) is 5.47. The van der Waals surface area contributed by atoms with E-state index in [-0.39, 0.29) is 25.4 Å². The van der Waals surface area contributed by atoms with Crippen LogP contribution in [0.15, 0.2) is 24.3 Å². The SMILES string of the molecule is C.Cl.N[C@@H](C(=O)O)[C@@H](O)c1ccc(F)cc1. The van der Waals surface area contributed by atoms with Crippen LogP contribution in [0.3, 0.4) is 0 Å². The standard InChI is InChI=1S/C9H10FNO3.CH4.ClH/c10-6-3-1-5(2-4-6)8(12)7(11)9(13)14;;/h1-4,7-8,12H,11H2,(H,13,14);1H4;1H/t7-,8+;;/m1../s1. The van der Waals surface area contributed by atoms with E-state index in [0.717, 1.165) is 12.1 Å². The monoisotopic (exact) mass is 251 g/mol. The number of benzene rings is 1. The van der Waals surface area contributed by atoms with Crippen LogP contribution in [0.2, 0.25) is 0 Å². The van der Waals surface area contributed by atoms with Crippen LogP contribution in [-0.2, 0) is 4.79 Å². The van der Waals surface area contributed by atoms with Gasteiger partial charge in [-0.05, 0) is 17.7 Å². The average Bonchev–Trinajstić information content (AvgIpc) is 2.16. The minimum absolute atomic E-state index is 0. The fourth-order valence-corrected chi connectivity index (χ4v) is 1.00. The summed E-state index contributed by atoms with van der Waals surface area (Å²) in [7, 11) is 0. The minimum Gasteiger partial charge on any atom is -0.480 e. The number of nitrogens with two attached hydrogens (primary N) is 1. The first-order chi connectivity index (χ1) is 6.52. The van der Waals surface area contributed by atoms with E-state index in [0.29, 0.717) is 0 Å². The summed E-state index contributed by atoms with van der Waals surface area (Å²) in [6.07, 6.45) is -1.33. The first-order valence-corrected chi connectivity index (χ1v) is 3.94. The molecule has 1 aromatic carbocycles. The maximum Gasteiger partial charge on any atom is 0.323 e. The van der Waals surface area contributed by atoms with Crippen LogP contribution >= 0.6 is 12.4 Å². The van der Waals surface area contributed by atoms with Crippen LogP contribution in [0.25, 0.3) is 0 Å². The molecule has 0 radical (unpaired) electrons. The predicted molar refractivity (Wildman–Crippen MR) is 61.0 cm³/mol. The summed E-state index contributed by atoms with van der Waals surface area (Å²) in [5, 5.41) is 17.9. The molecule has 6 heteroatoms. The number of carbonyl (C=O) groups is 1. The second-order valence-electron chi connectivity index (χ2n) is 2.86. The van der Waals surface area contributed by atoms with Gasteiger partial charge in [-0.1, -0.05) is 19.6 Å². The molecule has 0 spiro atoms. The zero-order valence-electron chi connectivity index (χ0n) is 7.63. The van der Waals surface area contributed by atoms with E-state index in [9.17, 15) is 14.3 Å². The highest BCUT2D eigenvalue weighted by Crippen LogP contribution is 2.15. The zero-order valence-corrected chi connectivity index (χ0v) is 8.45. The Balaban J connectivity index is 0. The van der Waals surface area contributed by atoms with Crippen molar-refractivity contribution in [1.29, 1.82) is 0 Å². The van der Waals surface area contributed by atoms with E-state index in [4.69, 9.17) is 10.8 Å². The number of aliphatic hydroxyl groups excluding tert-OH is 1. The molecule has 0 saturated heterocycles. The lowest BCUT2D eigenvalue weighted by Gasteiger charge is -2.14. The van der Waals surface area contributed by atoms with Gasteiger partial charge in [-0.25, -0.2) is 4.39 Å². The van der Waals surface area contributed by atoms with Gasteiger partial charge in [0, 0.05) is 0 Å². The molecule has 1 aromatic rings. The highest BCUT2D eigenvalue weighted by molar-refractivity contribution is 5.85. The number of hydrogen-bond acceptors (Lipinski definition) is 3. The van der Waals surface area contributed by atoms with E-state index < -0.39 is 23.9 Å². The molecule has 0 unspecified atom stereocenters. The van der Waals surface area contributed by atoms with Gasteiger partial charge in [-0.3, -0.25) is 4.79 Å². The van der Waals surface area contributed by atoms with E-state index in [1.54, 1.807) is 0 Å². The summed E-state index contributed by atoms with van der Waals surface area (Å²) in [4.78, 5) is 10.4. The lowest BCUT2D eigenvalue weighted by Crippen LogP contribution is -2.36. The van der Waals surface area contributed by atoms with E-state index in [2.05, 4.69) is 0 Å². The Labute approximate surface area is 99.3 Å². The fraction of sp³-hybridized carbons (Fsp3) is 0.300. The smallest absolute Gasteiger partial charge is 0.323 e. The summed E-state index contributed by atoms with van der Waals surface area (Å²) >= 11 is 0. The lowest BCUT2D eigenvalue weighted by molar-refractivity contribution is -0.141. The molecule has 0 aromatic heterocycles. The van der Waals surface area contributed by atoms with Gasteiger partial charge >= 0.3 is 5.97 Å². The maximum absolute atomic E-state index is 12.5. The molecule has 0 bridgehead atoms. The average molecular weight is 252 g/mol. The Hall–Kier alpha value is -1.17. The Morgan fingerprint density at radius 1 is 1.31 bits per heavy atom. The quantitative estimate of drug-likeness (QED) is 0.757. The van der Waals surface area contributed by atoms with Crippen molar-refractivity contribution >= 4 is 18.4 Å². The van der Waals surface area contributed by atoms with E-state index in [1.807, 2.05) is 0 Å². The summed E-state index contributed by atoms with van der Waals surface area (Å²) in [5.74, 6) is -1.76. The maximum atomic E-state index is 12.5. The second-order valence-corrected chi connectivity index (χ2v) is 2.86. The number of halogens is 2. The zero-order chi connectivity index (χ0) is 10.7. The molecule has 16 heavy (non-hydrogen) atoms. The summed E-state index contributed by atoms with van der Waals surface area (Å²) in [6, 6.07) is 3.45. The van der Waals surface area contributed by atoms with Crippen LogP contribution < -0.4 is 5.73 Å². The van der Waals surface area contributed by atoms with Crippen molar-refractivity contribution in [2.45, 2.75) is 19.6 Å². The van der Waals surface area contributed by atoms with Crippen molar-refractivity contribution in [2.24, 2.45) is 5.73 Å². The lowest BCUT2D eigenvalue weighted by atomic mass is 10.0. The fourth-order valence-electron chi connectivity index (χ4n) is 1.00. The first kappa shape index (κ1) is 17.2. The molecule has 0 aliphatic carbocycles. The number of carboxylic acids is 1. The molecule has 4 nitrogen and oxygen atoms in total. The number of aliphatic carboxylic acids is 1. The highest BCUT2D eigenvalue weighted by Gasteiger charge is 2.23. The molecule has 2 atom stereocenters. The molecule has 0 aliphatic heterocycles. The molecule has 0 saturated carbocycles. The Kier molecular flexibility index (Phi) is 7.71. The van der Waals surface area contributed by atoms with Crippen molar-refractivity contribution in [3.05, 3.63) is 35.6 Å². The number of carboxylic acid groups (broad SMARTS) is 1. The van der Waals surface area contributed by atoms with Crippen LogP contribution in [0.1, 0.15) is 19.1 Å². The van der Waals surface area contributed by atoms with Gasteiger partial charge in [0.05, 0.1) is 0 Å². The molecule has 1 rings (SSSR count). The normalized spacial score (nSPS) is 12.9. The first-order valence-electron chi connectivity index (χ1n) is 3.94. The Morgan fingerprint density at radius 3 is 2.12 bits per heavy atom. The third kappa shape index (κ3) is 4.14. The molecule has 0 aliphatic rings. The molecular formula is C10H15ClFNO3. The van der Waals surface area contributed by atoms with Crippen molar-refractivity contribution in [2.75, 3.05) is 0 Å². The predicted octanol–water partition coefficient (Wildman–Crippen LogP) is 1.33.